The van der Waals surface area contributed by atoms with Crippen molar-refractivity contribution < 1.29 is 10.0 Å². The molecule has 0 unspecified atom stereocenters. The third kappa shape index (κ3) is 3.66. The van der Waals surface area contributed by atoms with Crippen molar-refractivity contribution in [1.82, 2.24) is 0 Å². The predicted octanol–water partition coefficient (Wildman–Crippen LogP) is 2.11. The van der Waals surface area contributed by atoms with E-state index in [0.29, 0.717) is 5.56 Å². The van der Waals surface area contributed by atoms with Gasteiger partial charge in [0, 0.05) is 12.1 Å². The average Bonchev–Trinajstić information content (AvgIpc) is 2.21. The third-order valence-corrected chi connectivity index (χ3v) is 1.30. The van der Waals surface area contributed by atoms with Gasteiger partial charge in [-0.3, -0.25) is 10.1 Å². The van der Waals surface area contributed by atoms with Crippen LogP contribution in [0.5, 0.6) is 0 Å². The van der Waals surface area contributed by atoms with Gasteiger partial charge in [0.2, 0.25) is 0 Å². The Morgan fingerprint density at radius 2 is 2.08 bits per heavy atom. The molecule has 1 rings (SSSR count). The van der Waals surface area contributed by atoms with Gasteiger partial charge >= 0.3 is 0 Å². The number of benzene rings is 1. The summed E-state index contributed by atoms with van der Waals surface area (Å²) in [5.74, 6) is 0. The largest absolute Gasteiger partial charge is 0.392 e. The van der Waals surface area contributed by atoms with Gasteiger partial charge in [-0.1, -0.05) is 26.0 Å². The normalized spacial score (nSPS) is 8.54. The molecule has 0 saturated heterocycles. The van der Waals surface area contributed by atoms with Gasteiger partial charge in [0.05, 0.1) is 11.5 Å². The summed E-state index contributed by atoms with van der Waals surface area (Å²) < 4.78 is 0. The van der Waals surface area contributed by atoms with Crippen LogP contribution in [0.3, 0.4) is 0 Å². The first kappa shape index (κ1) is 11.6. The fourth-order valence-electron chi connectivity index (χ4n) is 0.768. The average molecular weight is 183 g/mol. The lowest BCUT2D eigenvalue weighted by molar-refractivity contribution is -0.384. The minimum absolute atomic E-state index is 0.0107. The molecule has 1 N–H and O–H groups in total. The first-order valence-electron chi connectivity index (χ1n) is 4.08. The van der Waals surface area contributed by atoms with E-state index >= 15 is 0 Å². The molecule has 0 amide bonds. The quantitative estimate of drug-likeness (QED) is 0.564. The number of hydrogen-bond acceptors (Lipinski definition) is 3. The van der Waals surface area contributed by atoms with E-state index in [0.717, 1.165) is 0 Å². The lowest BCUT2D eigenvalue weighted by Crippen LogP contribution is -1.89. The highest BCUT2D eigenvalue weighted by Crippen LogP contribution is 2.12. The lowest BCUT2D eigenvalue weighted by Gasteiger charge is -1.93. The molecule has 0 saturated carbocycles. The number of non-ortho nitro benzene ring substituents is 1. The fourth-order valence-corrected chi connectivity index (χ4v) is 0.768. The second-order valence-corrected chi connectivity index (χ2v) is 2.09. The van der Waals surface area contributed by atoms with Gasteiger partial charge in [-0.15, -0.1) is 0 Å². The highest BCUT2D eigenvalue weighted by molar-refractivity contribution is 5.33. The number of rotatable bonds is 2. The van der Waals surface area contributed by atoms with Gasteiger partial charge in [0.1, 0.15) is 0 Å². The van der Waals surface area contributed by atoms with Crippen LogP contribution >= 0.6 is 0 Å². The summed E-state index contributed by atoms with van der Waals surface area (Å²) in [4.78, 5) is 9.71. The second-order valence-electron chi connectivity index (χ2n) is 2.09. The third-order valence-electron chi connectivity index (χ3n) is 1.30. The summed E-state index contributed by atoms with van der Waals surface area (Å²) in [6, 6.07) is 5.91. The minimum atomic E-state index is -0.487. The van der Waals surface area contributed by atoms with E-state index in [1.807, 2.05) is 13.8 Å². The number of aliphatic hydroxyl groups is 1. The molecule has 0 aliphatic heterocycles. The molecule has 4 heteroatoms. The zero-order valence-electron chi connectivity index (χ0n) is 7.73. The van der Waals surface area contributed by atoms with Crippen molar-refractivity contribution in [3.8, 4) is 0 Å². The summed E-state index contributed by atoms with van der Waals surface area (Å²) in [6.45, 7) is 3.84. The Morgan fingerprint density at radius 1 is 1.46 bits per heavy atom. The van der Waals surface area contributed by atoms with Crippen molar-refractivity contribution in [2.75, 3.05) is 0 Å². The lowest BCUT2D eigenvalue weighted by atomic mass is 10.2. The molecular weight excluding hydrogens is 170 g/mol. The highest BCUT2D eigenvalue weighted by Gasteiger charge is 2.03. The molecule has 0 aromatic heterocycles. The van der Waals surface area contributed by atoms with Crippen LogP contribution < -0.4 is 0 Å². The van der Waals surface area contributed by atoms with Crippen LogP contribution in [-0.2, 0) is 6.61 Å². The number of aliphatic hydroxyl groups excluding tert-OH is 1. The summed E-state index contributed by atoms with van der Waals surface area (Å²) in [6.07, 6.45) is 0. The van der Waals surface area contributed by atoms with Gasteiger partial charge in [-0.05, 0) is 5.56 Å². The predicted molar refractivity (Wildman–Crippen MR) is 50.4 cm³/mol. The molecule has 0 atom stereocenters. The first-order valence-corrected chi connectivity index (χ1v) is 4.08. The van der Waals surface area contributed by atoms with Crippen LogP contribution in [0.25, 0.3) is 0 Å². The molecule has 0 spiro atoms. The van der Waals surface area contributed by atoms with Crippen molar-refractivity contribution in [2.45, 2.75) is 20.5 Å². The van der Waals surface area contributed by atoms with Crippen LogP contribution in [0.1, 0.15) is 19.4 Å². The van der Waals surface area contributed by atoms with E-state index in [-0.39, 0.29) is 12.3 Å². The molecule has 1 aromatic rings. The topological polar surface area (TPSA) is 63.4 Å². The van der Waals surface area contributed by atoms with Crippen molar-refractivity contribution in [3.05, 3.63) is 39.9 Å². The molecule has 13 heavy (non-hydrogen) atoms. The maximum atomic E-state index is 10.2. The summed E-state index contributed by atoms with van der Waals surface area (Å²) >= 11 is 0. The molecule has 0 aliphatic carbocycles. The molecule has 0 aliphatic rings. The second kappa shape index (κ2) is 6.14. The molecule has 0 heterocycles. The standard InChI is InChI=1S/C7H7NO3.C2H6/c9-5-6-2-1-3-7(4-6)8(10)11;1-2/h1-4,9H,5H2;1-2H3. The Morgan fingerprint density at radius 3 is 2.54 bits per heavy atom. The number of nitro groups is 1. The van der Waals surface area contributed by atoms with E-state index in [4.69, 9.17) is 5.11 Å². The highest BCUT2D eigenvalue weighted by atomic mass is 16.6. The smallest absolute Gasteiger partial charge is 0.269 e. The van der Waals surface area contributed by atoms with Crippen LogP contribution in [-0.4, -0.2) is 10.0 Å². The minimum Gasteiger partial charge on any atom is -0.392 e. The number of hydrogen-bond donors (Lipinski definition) is 1. The van der Waals surface area contributed by atoms with Crippen molar-refractivity contribution in [1.29, 1.82) is 0 Å². The van der Waals surface area contributed by atoms with Crippen molar-refractivity contribution in [3.63, 3.8) is 0 Å². The zero-order chi connectivity index (χ0) is 10.3. The summed E-state index contributed by atoms with van der Waals surface area (Å²) in [5.41, 5.74) is 0.566. The Bertz CT molecular complexity index is 273. The summed E-state index contributed by atoms with van der Waals surface area (Å²) in [5, 5.41) is 18.8. The zero-order valence-corrected chi connectivity index (χ0v) is 7.73. The van der Waals surface area contributed by atoms with E-state index in [1.54, 1.807) is 12.1 Å². The Kier molecular flexibility index (Phi) is 5.47. The Balaban J connectivity index is 0.000000671. The molecular formula is C9H13NO3. The SMILES string of the molecule is CC.O=[N+]([O-])c1cccc(CO)c1. The van der Waals surface area contributed by atoms with Gasteiger partial charge in [-0.2, -0.15) is 0 Å². The molecule has 72 valence electrons. The van der Waals surface area contributed by atoms with Crippen molar-refractivity contribution >= 4 is 5.69 Å². The molecule has 1 aromatic carbocycles. The summed E-state index contributed by atoms with van der Waals surface area (Å²) in [7, 11) is 0. The van der Waals surface area contributed by atoms with Gasteiger partial charge in [-0.25, -0.2) is 0 Å². The van der Waals surface area contributed by atoms with Gasteiger partial charge in [0.15, 0.2) is 0 Å². The number of nitro benzene ring substituents is 1. The van der Waals surface area contributed by atoms with Crippen molar-refractivity contribution in [2.24, 2.45) is 0 Å². The molecule has 0 radical (unpaired) electrons. The first-order chi connectivity index (χ1) is 6.24. The monoisotopic (exact) mass is 183 g/mol. The molecule has 0 fully saturated rings. The van der Waals surface area contributed by atoms with Crippen LogP contribution in [0, 0.1) is 10.1 Å². The van der Waals surface area contributed by atoms with E-state index in [1.165, 1.54) is 12.1 Å². The van der Waals surface area contributed by atoms with Gasteiger partial charge < -0.3 is 5.11 Å². The molecule has 4 nitrogen and oxygen atoms in total. The maximum Gasteiger partial charge on any atom is 0.269 e. The van der Waals surface area contributed by atoms with Gasteiger partial charge in [0.25, 0.3) is 5.69 Å². The van der Waals surface area contributed by atoms with Crippen LogP contribution in [0.2, 0.25) is 0 Å². The van der Waals surface area contributed by atoms with E-state index in [2.05, 4.69) is 0 Å². The number of nitrogens with zero attached hydrogens (tertiary/aromatic N) is 1. The van der Waals surface area contributed by atoms with E-state index < -0.39 is 4.92 Å². The van der Waals surface area contributed by atoms with E-state index in [9.17, 15) is 10.1 Å². The van der Waals surface area contributed by atoms with Crippen LogP contribution in [0.4, 0.5) is 5.69 Å². The fraction of sp³-hybridized carbons (Fsp3) is 0.333. The Hall–Kier alpha value is -1.42. The maximum absolute atomic E-state index is 10.2. The van der Waals surface area contributed by atoms with Crippen LogP contribution in [0.15, 0.2) is 24.3 Å². The Labute approximate surface area is 77.0 Å². The molecule has 0 bridgehead atoms.